The van der Waals surface area contributed by atoms with Crippen molar-refractivity contribution in [3.8, 4) is 11.4 Å². The molecule has 2 aliphatic rings. The highest BCUT2D eigenvalue weighted by Crippen LogP contribution is 2.42. The first-order chi connectivity index (χ1) is 13.6. The van der Waals surface area contributed by atoms with E-state index >= 15 is 0 Å². The number of nitrogens with zero attached hydrogens (tertiary/aromatic N) is 6. The Kier molecular flexibility index (Phi) is 3.89. The number of hydrogen-bond donors (Lipinski definition) is 0. The maximum Gasteiger partial charge on any atom is 0.324 e. The summed E-state index contributed by atoms with van der Waals surface area (Å²) in [5.41, 5.74) is 2.29. The lowest BCUT2D eigenvalue weighted by Gasteiger charge is -2.52. The molecule has 0 saturated carbocycles. The van der Waals surface area contributed by atoms with Crippen LogP contribution in [-0.4, -0.2) is 57.4 Å². The van der Waals surface area contributed by atoms with Gasteiger partial charge in [-0.15, -0.1) is 0 Å². The quantitative estimate of drug-likeness (QED) is 0.648. The van der Waals surface area contributed by atoms with Crippen molar-refractivity contribution in [2.75, 3.05) is 31.1 Å². The smallest absolute Gasteiger partial charge is 0.324 e. The Hall–Kier alpha value is -2.90. The van der Waals surface area contributed by atoms with Crippen LogP contribution >= 0.6 is 0 Å². The summed E-state index contributed by atoms with van der Waals surface area (Å²) >= 11 is 0. The zero-order valence-electron chi connectivity index (χ0n) is 16.2. The minimum atomic E-state index is 0.288. The summed E-state index contributed by atoms with van der Waals surface area (Å²) in [7, 11) is 0. The molecule has 4 heterocycles. The van der Waals surface area contributed by atoms with E-state index in [1.165, 1.54) is 0 Å². The van der Waals surface area contributed by atoms with Gasteiger partial charge < -0.3 is 14.3 Å². The summed E-state index contributed by atoms with van der Waals surface area (Å²) in [6, 6.07) is 7.00. The third-order valence-corrected chi connectivity index (χ3v) is 6.09. The number of rotatable bonds is 4. The van der Waals surface area contributed by atoms with Gasteiger partial charge in [0, 0.05) is 48.6 Å². The van der Waals surface area contributed by atoms with E-state index in [1.54, 1.807) is 0 Å². The van der Waals surface area contributed by atoms with Gasteiger partial charge >= 0.3 is 6.01 Å². The summed E-state index contributed by atoms with van der Waals surface area (Å²) in [4.78, 5) is 19.5. The zero-order valence-corrected chi connectivity index (χ0v) is 16.2. The molecule has 8 nitrogen and oxygen atoms in total. The molecule has 5 rings (SSSR count). The van der Waals surface area contributed by atoms with E-state index in [0.29, 0.717) is 11.8 Å². The van der Waals surface area contributed by atoms with Gasteiger partial charge in [0.1, 0.15) is 0 Å². The zero-order chi connectivity index (χ0) is 19.3. The largest absolute Gasteiger partial charge is 0.345 e. The highest BCUT2D eigenvalue weighted by atomic mass is 16.5. The first kappa shape index (κ1) is 17.2. The minimum absolute atomic E-state index is 0.288. The lowest BCUT2D eigenvalue weighted by Crippen LogP contribution is -2.60. The summed E-state index contributed by atoms with van der Waals surface area (Å²) < 4.78 is 7.55. The second kappa shape index (κ2) is 6.32. The molecule has 0 atom stereocenters. The van der Waals surface area contributed by atoms with Crippen molar-refractivity contribution in [3.05, 3.63) is 24.4 Å². The van der Waals surface area contributed by atoms with Crippen molar-refractivity contribution in [1.29, 1.82) is 0 Å². The van der Waals surface area contributed by atoms with Crippen LogP contribution in [0, 0.1) is 5.41 Å². The fourth-order valence-corrected chi connectivity index (χ4v) is 4.37. The Morgan fingerprint density at radius 3 is 2.71 bits per heavy atom. The first-order valence-corrected chi connectivity index (χ1v) is 9.83. The summed E-state index contributed by atoms with van der Waals surface area (Å²) in [6.07, 6.45) is 4.92. The topological polar surface area (TPSA) is 80.3 Å². The van der Waals surface area contributed by atoms with Crippen molar-refractivity contribution in [1.82, 2.24) is 24.8 Å². The molecule has 2 fully saturated rings. The number of aromatic nitrogens is 4. The predicted molar refractivity (Wildman–Crippen MR) is 105 cm³/mol. The number of carbonyl (C=O) groups excluding carboxylic acids is 1. The Morgan fingerprint density at radius 1 is 1.21 bits per heavy atom. The third-order valence-electron chi connectivity index (χ3n) is 6.09. The Morgan fingerprint density at radius 2 is 2.00 bits per heavy atom. The summed E-state index contributed by atoms with van der Waals surface area (Å²) in [6.45, 7) is 7.75. The number of carbonyl (C=O) groups is 1. The van der Waals surface area contributed by atoms with Crippen LogP contribution in [0.2, 0.25) is 0 Å². The van der Waals surface area contributed by atoms with E-state index in [4.69, 9.17) is 4.52 Å². The molecule has 3 aromatic rings. The molecule has 0 unspecified atom stereocenters. The molecule has 1 amide bonds. The maximum absolute atomic E-state index is 10.9. The predicted octanol–water partition coefficient (Wildman–Crippen LogP) is 2.73. The SMILES string of the molecule is CC(C)n1ncc2ccc(-c3noc(N4CC5(CCN(C=O)CC5)C4)n3)cc21. The number of amides is 1. The Labute approximate surface area is 163 Å². The van der Waals surface area contributed by atoms with Crippen LogP contribution in [0.4, 0.5) is 6.01 Å². The van der Waals surface area contributed by atoms with E-state index in [-0.39, 0.29) is 11.5 Å². The second-order valence-electron chi connectivity index (χ2n) is 8.35. The molecule has 0 radical (unpaired) electrons. The van der Waals surface area contributed by atoms with Crippen molar-refractivity contribution >= 4 is 23.3 Å². The van der Waals surface area contributed by atoms with Gasteiger partial charge in [-0.1, -0.05) is 17.3 Å². The molecule has 146 valence electrons. The number of fused-ring (bicyclic) bond motifs is 1. The standard InChI is InChI=1S/C20H24N6O2/c1-14(2)26-17-9-15(3-4-16(17)10-21-26)18-22-19(28-23-18)25-11-20(12-25)5-7-24(13-27)8-6-20/h3-4,9-10,13-14H,5-8,11-12H2,1-2H3. The molecule has 0 aliphatic carbocycles. The van der Waals surface area contributed by atoms with Gasteiger partial charge in [-0.25, -0.2) is 0 Å². The molecule has 2 saturated heterocycles. The lowest BCUT2D eigenvalue weighted by molar-refractivity contribution is -0.120. The number of likely N-dealkylation sites (tertiary alicyclic amines) is 1. The second-order valence-corrected chi connectivity index (χ2v) is 8.35. The van der Waals surface area contributed by atoms with Crippen LogP contribution in [0.1, 0.15) is 32.7 Å². The normalized spacial score (nSPS) is 18.8. The average Bonchev–Trinajstić information content (AvgIpc) is 3.32. The van der Waals surface area contributed by atoms with Crippen LogP contribution in [0.3, 0.4) is 0 Å². The van der Waals surface area contributed by atoms with E-state index in [2.05, 4.69) is 40.1 Å². The fourth-order valence-electron chi connectivity index (χ4n) is 4.37. The van der Waals surface area contributed by atoms with E-state index < -0.39 is 0 Å². The number of anilines is 1. The van der Waals surface area contributed by atoms with Crippen LogP contribution in [0.5, 0.6) is 0 Å². The van der Waals surface area contributed by atoms with E-state index in [1.807, 2.05) is 27.9 Å². The van der Waals surface area contributed by atoms with Crippen LogP contribution in [0.25, 0.3) is 22.3 Å². The molecule has 8 heteroatoms. The molecule has 0 N–H and O–H groups in total. The van der Waals surface area contributed by atoms with Crippen molar-refractivity contribution in [2.45, 2.75) is 32.7 Å². The number of hydrogen-bond acceptors (Lipinski definition) is 6. The van der Waals surface area contributed by atoms with Gasteiger partial charge in [-0.3, -0.25) is 9.48 Å². The fraction of sp³-hybridized carbons (Fsp3) is 0.500. The van der Waals surface area contributed by atoms with Gasteiger partial charge in [0.05, 0.1) is 11.7 Å². The van der Waals surface area contributed by atoms with Crippen molar-refractivity contribution in [2.24, 2.45) is 5.41 Å². The van der Waals surface area contributed by atoms with Gasteiger partial charge in [0.2, 0.25) is 12.2 Å². The maximum atomic E-state index is 10.9. The molecule has 0 bridgehead atoms. The Balaban J connectivity index is 1.33. The minimum Gasteiger partial charge on any atom is -0.345 e. The molecule has 1 aromatic carbocycles. The van der Waals surface area contributed by atoms with Gasteiger partial charge in [0.15, 0.2) is 0 Å². The summed E-state index contributed by atoms with van der Waals surface area (Å²) in [5.74, 6) is 0.602. The van der Waals surface area contributed by atoms with Crippen LogP contribution in [0.15, 0.2) is 28.9 Å². The third kappa shape index (κ3) is 2.75. The van der Waals surface area contributed by atoms with E-state index in [0.717, 1.165) is 61.9 Å². The molecule has 2 aromatic heterocycles. The lowest BCUT2D eigenvalue weighted by atomic mass is 9.72. The highest BCUT2D eigenvalue weighted by molar-refractivity contribution is 5.83. The van der Waals surface area contributed by atoms with Crippen molar-refractivity contribution in [3.63, 3.8) is 0 Å². The Bertz CT molecular complexity index is 1010. The van der Waals surface area contributed by atoms with Gasteiger partial charge in [0.25, 0.3) is 0 Å². The monoisotopic (exact) mass is 380 g/mol. The number of piperidine rings is 1. The van der Waals surface area contributed by atoms with Crippen LogP contribution < -0.4 is 4.90 Å². The van der Waals surface area contributed by atoms with Crippen molar-refractivity contribution < 1.29 is 9.32 Å². The van der Waals surface area contributed by atoms with Gasteiger partial charge in [-0.05, 0) is 32.8 Å². The number of benzene rings is 1. The summed E-state index contributed by atoms with van der Waals surface area (Å²) in [5, 5.41) is 9.77. The molecule has 2 aliphatic heterocycles. The average molecular weight is 380 g/mol. The molecule has 28 heavy (non-hydrogen) atoms. The molecular weight excluding hydrogens is 356 g/mol. The first-order valence-electron chi connectivity index (χ1n) is 9.83. The molecule has 1 spiro atoms. The van der Waals surface area contributed by atoms with Crippen LogP contribution in [-0.2, 0) is 4.79 Å². The highest BCUT2D eigenvalue weighted by Gasteiger charge is 2.46. The van der Waals surface area contributed by atoms with E-state index in [9.17, 15) is 4.79 Å². The molecular formula is C20H24N6O2. The van der Waals surface area contributed by atoms with Gasteiger partial charge in [-0.2, -0.15) is 10.1 Å².